The van der Waals surface area contributed by atoms with Crippen LogP contribution in [-0.4, -0.2) is 54.9 Å². The molecular formula is C31H32F3N5O5. The standard InChI is InChI=1S/C31H32F3N5O5/c1-4-5-9-27(40)39(28(19(2)3)30(41)42)18-20-10-12-21(13-11-20)26-17-23(14-15-25(26)29-35-37-38-36-29)43-22-7-6-8-24(16-22)44-31(32,33)34/h6-8,10-17,19,28H,4-5,9,18H2,1-3H3,(H,41,42)(H,35,36,37,38)/t28-/m0/s1. The molecule has 13 heteroatoms. The fourth-order valence-corrected chi connectivity index (χ4v) is 4.75. The number of aliphatic carboxylic acids is 1. The van der Waals surface area contributed by atoms with Crippen molar-refractivity contribution in [2.75, 3.05) is 0 Å². The van der Waals surface area contributed by atoms with Gasteiger partial charge in [0.15, 0.2) is 0 Å². The third-order valence-corrected chi connectivity index (χ3v) is 6.75. The van der Waals surface area contributed by atoms with Gasteiger partial charge in [-0.05, 0) is 64.6 Å². The first-order valence-electron chi connectivity index (χ1n) is 14.0. The third kappa shape index (κ3) is 8.33. The van der Waals surface area contributed by atoms with E-state index in [0.29, 0.717) is 29.1 Å². The Morgan fingerprint density at radius 3 is 2.30 bits per heavy atom. The zero-order valence-electron chi connectivity index (χ0n) is 24.3. The molecule has 4 aromatic rings. The van der Waals surface area contributed by atoms with Gasteiger partial charge in [0.05, 0.1) is 0 Å². The van der Waals surface area contributed by atoms with Crippen LogP contribution in [0.25, 0.3) is 22.5 Å². The van der Waals surface area contributed by atoms with Crippen LogP contribution in [0.15, 0.2) is 66.7 Å². The molecular weight excluding hydrogens is 579 g/mol. The summed E-state index contributed by atoms with van der Waals surface area (Å²) in [5.74, 6) is -1.22. The Bertz CT molecular complexity index is 1560. The number of unbranched alkanes of at least 4 members (excludes halogenated alkanes) is 1. The Morgan fingerprint density at radius 1 is 0.977 bits per heavy atom. The van der Waals surface area contributed by atoms with Gasteiger partial charge < -0.3 is 19.5 Å². The summed E-state index contributed by atoms with van der Waals surface area (Å²) >= 11 is 0. The minimum atomic E-state index is -4.84. The smallest absolute Gasteiger partial charge is 0.480 e. The van der Waals surface area contributed by atoms with Crippen molar-refractivity contribution in [3.05, 3.63) is 72.3 Å². The van der Waals surface area contributed by atoms with E-state index in [1.165, 1.54) is 23.1 Å². The summed E-state index contributed by atoms with van der Waals surface area (Å²) in [6.07, 6.45) is -3.11. The number of amides is 1. The highest BCUT2D eigenvalue weighted by Gasteiger charge is 2.32. The number of nitrogens with one attached hydrogen (secondary N) is 1. The maximum Gasteiger partial charge on any atom is 0.573 e. The molecule has 1 amide bonds. The summed E-state index contributed by atoms with van der Waals surface area (Å²) in [6.45, 7) is 5.64. The van der Waals surface area contributed by atoms with Gasteiger partial charge in [0.2, 0.25) is 11.7 Å². The van der Waals surface area contributed by atoms with Gasteiger partial charge in [-0.25, -0.2) is 4.79 Å². The molecule has 0 saturated carbocycles. The van der Waals surface area contributed by atoms with E-state index in [4.69, 9.17) is 4.74 Å². The molecule has 0 aliphatic carbocycles. The van der Waals surface area contributed by atoms with E-state index in [-0.39, 0.29) is 30.5 Å². The summed E-state index contributed by atoms with van der Waals surface area (Å²) in [5, 5.41) is 24.1. The molecule has 1 aromatic heterocycles. The number of benzene rings is 3. The number of rotatable bonds is 13. The normalized spacial score (nSPS) is 12.2. The van der Waals surface area contributed by atoms with Crippen LogP contribution < -0.4 is 9.47 Å². The van der Waals surface area contributed by atoms with E-state index < -0.39 is 24.1 Å². The molecule has 3 aromatic carbocycles. The molecule has 0 fully saturated rings. The topological polar surface area (TPSA) is 131 Å². The van der Waals surface area contributed by atoms with Crippen LogP contribution in [0, 0.1) is 5.92 Å². The van der Waals surface area contributed by atoms with Crippen LogP contribution >= 0.6 is 0 Å². The zero-order chi connectivity index (χ0) is 31.9. The molecule has 0 radical (unpaired) electrons. The highest BCUT2D eigenvalue weighted by Crippen LogP contribution is 2.36. The van der Waals surface area contributed by atoms with Crippen molar-refractivity contribution in [2.45, 2.75) is 59.0 Å². The first kappa shape index (κ1) is 32.0. The molecule has 1 heterocycles. The van der Waals surface area contributed by atoms with Gasteiger partial charge in [-0.1, -0.05) is 57.5 Å². The van der Waals surface area contributed by atoms with Crippen LogP contribution in [0.2, 0.25) is 0 Å². The number of carboxylic acid groups (broad SMARTS) is 1. The lowest BCUT2D eigenvalue weighted by Crippen LogP contribution is -2.47. The average molecular weight is 612 g/mol. The van der Waals surface area contributed by atoms with E-state index in [1.807, 2.05) is 19.1 Å². The van der Waals surface area contributed by atoms with Crippen molar-refractivity contribution < 1.29 is 37.3 Å². The highest BCUT2D eigenvalue weighted by molar-refractivity contribution is 5.84. The van der Waals surface area contributed by atoms with E-state index in [0.717, 1.165) is 23.6 Å². The van der Waals surface area contributed by atoms with E-state index in [1.54, 1.807) is 44.2 Å². The minimum Gasteiger partial charge on any atom is -0.480 e. The summed E-state index contributed by atoms with van der Waals surface area (Å²) in [6, 6.07) is 16.5. The predicted molar refractivity (Wildman–Crippen MR) is 155 cm³/mol. The van der Waals surface area contributed by atoms with Gasteiger partial charge in [-0.3, -0.25) is 4.79 Å². The van der Waals surface area contributed by atoms with Crippen LogP contribution in [0.4, 0.5) is 13.2 Å². The third-order valence-electron chi connectivity index (χ3n) is 6.75. The monoisotopic (exact) mass is 611 g/mol. The van der Waals surface area contributed by atoms with Crippen molar-refractivity contribution in [3.8, 4) is 39.8 Å². The SMILES string of the molecule is CCCCC(=O)N(Cc1ccc(-c2cc(Oc3cccc(OC(F)(F)F)c3)ccc2-c2nn[nH]n2)cc1)[C@H](C(=O)O)C(C)C. The van der Waals surface area contributed by atoms with E-state index in [9.17, 15) is 27.9 Å². The summed E-state index contributed by atoms with van der Waals surface area (Å²) < 4.78 is 47.9. The molecule has 0 saturated heterocycles. The molecule has 232 valence electrons. The second-order valence-corrected chi connectivity index (χ2v) is 10.4. The van der Waals surface area contributed by atoms with E-state index >= 15 is 0 Å². The first-order valence-corrected chi connectivity index (χ1v) is 14.0. The van der Waals surface area contributed by atoms with Gasteiger partial charge in [-0.2, -0.15) is 5.21 Å². The Balaban J connectivity index is 1.64. The van der Waals surface area contributed by atoms with Gasteiger partial charge in [-0.15, -0.1) is 23.4 Å². The number of halogens is 3. The lowest BCUT2D eigenvalue weighted by atomic mass is 9.97. The van der Waals surface area contributed by atoms with Crippen molar-refractivity contribution in [1.82, 2.24) is 25.5 Å². The first-order chi connectivity index (χ1) is 20.9. The van der Waals surface area contributed by atoms with Gasteiger partial charge >= 0.3 is 12.3 Å². The second-order valence-electron chi connectivity index (χ2n) is 10.4. The summed E-state index contributed by atoms with van der Waals surface area (Å²) in [5.41, 5.74) is 2.70. The number of carbonyl (C=O) groups excluding carboxylic acids is 1. The summed E-state index contributed by atoms with van der Waals surface area (Å²) in [4.78, 5) is 26.6. The fourth-order valence-electron chi connectivity index (χ4n) is 4.75. The number of H-pyrrole nitrogens is 1. The number of tetrazole rings is 1. The number of ether oxygens (including phenoxy) is 2. The molecule has 10 nitrogen and oxygen atoms in total. The molecule has 0 aliphatic rings. The molecule has 44 heavy (non-hydrogen) atoms. The Morgan fingerprint density at radius 2 is 1.68 bits per heavy atom. The molecule has 1 atom stereocenters. The van der Waals surface area contributed by atoms with Crippen molar-refractivity contribution >= 4 is 11.9 Å². The lowest BCUT2D eigenvalue weighted by Gasteiger charge is -2.32. The average Bonchev–Trinajstić information content (AvgIpc) is 3.50. The van der Waals surface area contributed by atoms with Crippen LogP contribution in [0.5, 0.6) is 17.2 Å². The predicted octanol–water partition coefficient (Wildman–Crippen LogP) is 6.85. The maximum absolute atomic E-state index is 13.1. The number of carboxylic acids is 1. The van der Waals surface area contributed by atoms with Gasteiger partial charge in [0.1, 0.15) is 23.3 Å². The molecule has 0 bridgehead atoms. The fraction of sp³-hybridized carbons (Fsp3) is 0.323. The number of aromatic amines is 1. The van der Waals surface area contributed by atoms with Gasteiger partial charge in [0.25, 0.3) is 0 Å². The number of hydrogen-bond donors (Lipinski definition) is 2. The second kappa shape index (κ2) is 14.0. The van der Waals surface area contributed by atoms with Crippen molar-refractivity contribution in [1.29, 1.82) is 0 Å². The number of aromatic nitrogens is 4. The molecule has 2 N–H and O–H groups in total. The van der Waals surface area contributed by atoms with Crippen LogP contribution in [-0.2, 0) is 16.1 Å². The number of carbonyl (C=O) groups is 2. The minimum absolute atomic E-state index is 0.120. The molecule has 0 unspecified atom stereocenters. The molecule has 0 spiro atoms. The number of nitrogens with zero attached hydrogens (tertiary/aromatic N) is 4. The Kier molecular flexibility index (Phi) is 10.2. The quantitative estimate of drug-likeness (QED) is 0.168. The largest absolute Gasteiger partial charge is 0.573 e. The number of alkyl halides is 3. The van der Waals surface area contributed by atoms with Crippen molar-refractivity contribution in [2.24, 2.45) is 5.92 Å². The van der Waals surface area contributed by atoms with Gasteiger partial charge in [0, 0.05) is 24.6 Å². The number of hydrogen-bond acceptors (Lipinski definition) is 7. The highest BCUT2D eigenvalue weighted by atomic mass is 19.4. The molecule has 0 aliphatic heterocycles. The Labute approximate surface area is 251 Å². The van der Waals surface area contributed by atoms with E-state index in [2.05, 4.69) is 25.4 Å². The maximum atomic E-state index is 13.1. The lowest BCUT2D eigenvalue weighted by molar-refractivity contribution is -0.274. The van der Waals surface area contributed by atoms with Crippen LogP contribution in [0.3, 0.4) is 0 Å². The Hall–Kier alpha value is -4.94. The zero-order valence-corrected chi connectivity index (χ0v) is 24.3. The molecule has 4 rings (SSSR count). The van der Waals surface area contributed by atoms with Crippen molar-refractivity contribution in [3.63, 3.8) is 0 Å². The van der Waals surface area contributed by atoms with Crippen LogP contribution in [0.1, 0.15) is 45.6 Å². The summed E-state index contributed by atoms with van der Waals surface area (Å²) in [7, 11) is 0.